The molecule has 0 saturated heterocycles. The first kappa shape index (κ1) is 21.5. The van der Waals surface area contributed by atoms with Gasteiger partial charge in [-0.1, -0.05) is 58.0 Å². The van der Waals surface area contributed by atoms with Crippen LogP contribution < -0.4 is 5.32 Å². The van der Waals surface area contributed by atoms with Crippen LogP contribution in [0.2, 0.25) is 0 Å². The van der Waals surface area contributed by atoms with Gasteiger partial charge in [0.15, 0.2) is 0 Å². The van der Waals surface area contributed by atoms with Crippen LogP contribution in [0.5, 0.6) is 0 Å². The lowest BCUT2D eigenvalue weighted by Gasteiger charge is -2.24. The Morgan fingerprint density at radius 1 is 1.00 bits per heavy atom. The fourth-order valence-electron chi connectivity index (χ4n) is 3.50. The molecule has 1 atom stereocenters. The zero-order valence-electron chi connectivity index (χ0n) is 18.2. The van der Waals surface area contributed by atoms with E-state index in [1.807, 2.05) is 25.2 Å². The fraction of sp³-hybridized carbons (Fsp3) is 0.417. The number of amides is 1. The summed E-state index contributed by atoms with van der Waals surface area (Å²) in [6.07, 6.45) is 0. The van der Waals surface area contributed by atoms with Crippen LogP contribution in [0.15, 0.2) is 42.5 Å². The van der Waals surface area contributed by atoms with Crippen molar-refractivity contribution in [2.45, 2.75) is 52.5 Å². The molecule has 2 aromatic carbocycles. The van der Waals surface area contributed by atoms with Crippen LogP contribution in [0, 0.1) is 0 Å². The van der Waals surface area contributed by atoms with E-state index in [1.165, 1.54) is 15.8 Å². The third-order valence-electron chi connectivity index (χ3n) is 5.36. The van der Waals surface area contributed by atoms with Crippen LogP contribution in [0.1, 0.15) is 68.6 Å². The first-order valence-electron chi connectivity index (χ1n) is 10.3. The Morgan fingerprint density at radius 2 is 1.62 bits per heavy atom. The van der Waals surface area contributed by atoms with Crippen molar-refractivity contribution in [3.8, 4) is 0 Å². The third-order valence-corrected chi connectivity index (χ3v) is 6.57. The normalized spacial score (nSPS) is 12.9. The highest BCUT2D eigenvalue weighted by molar-refractivity contribution is 7.18. The molecule has 0 spiro atoms. The highest BCUT2D eigenvalue weighted by atomic mass is 32.1. The summed E-state index contributed by atoms with van der Waals surface area (Å²) in [6, 6.07) is 14.5. The lowest BCUT2D eigenvalue weighted by molar-refractivity contribution is -0.117. The number of carbonyl (C=O) groups is 1. The highest BCUT2D eigenvalue weighted by Gasteiger charge is 2.21. The van der Waals surface area contributed by atoms with Gasteiger partial charge in [0.1, 0.15) is 5.01 Å². The molecule has 1 heterocycles. The topological polar surface area (TPSA) is 45.2 Å². The number of carbonyl (C=O) groups excluding carboxylic acids is 1. The summed E-state index contributed by atoms with van der Waals surface area (Å²) in [5.41, 5.74) is 4.37. The summed E-state index contributed by atoms with van der Waals surface area (Å²) < 4.78 is 1.18. The number of anilines is 1. The average molecular weight is 410 g/mol. The van der Waals surface area contributed by atoms with Gasteiger partial charge in [-0.05, 0) is 49.1 Å². The van der Waals surface area contributed by atoms with E-state index in [4.69, 9.17) is 4.98 Å². The molecule has 5 heteroatoms. The Hall–Kier alpha value is -2.24. The minimum absolute atomic E-state index is 0.00969. The molecule has 0 fully saturated rings. The molecule has 0 saturated carbocycles. The summed E-state index contributed by atoms with van der Waals surface area (Å²) in [4.78, 5) is 19.7. The standard InChI is InChI=1S/C24H31N3OS/c1-15(2)18-10-9-11-19(16(3)4)23(18)26-22(28)14-27(6)17(5)24-25-20-12-7-8-13-21(20)29-24/h7-13,15-17H,14H2,1-6H3,(H,26,28)/t17-/m0/s1. The number of nitrogens with one attached hydrogen (secondary N) is 1. The van der Waals surface area contributed by atoms with E-state index >= 15 is 0 Å². The first-order valence-corrected chi connectivity index (χ1v) is 11.1. The number of aromatic nitrogens is 1. The number of fused-ring (bicyclic) bond motifs is 1. The van der Waals surface area contributed by atoms with Gasteiger partial charge in [0.2, 0.25) is 5.91 Å². The molecule has 0 radical (unpaired) electrons. The molecule has 1 aromatic heterocycles. The Bertz CT molecular complexity index is 933. The monoisotopic (exact) mass is 409 g/mol. The zero-order chi connectivity index (χ0) is 21.1. The second-order valence-corrected chi connectivity index (χ2v) is 9.34. The van der Waals surface area contributed by atoms with E-state index in [-0.39, 0.29) is 11.9 Å². The minimum atomic E-state index is 0.00969. The highest BCUT2D eigenvalue weighted by Crippen LogP contribution is 2.33. The van der Waals surface area contributed by atoms with Gasteiger partial charge in [-0.2, -0.15) is 0 Å². The number of nitrogens with zero attached hydrogens (tertiary/aromatic N) is 2. The number of para-hydroxylation sites is 2. The van der Waals surface area contributed by atoms with Crippen molar-refractivity contribution in [3.05, 3.63) is 58.6 Å². The number of hydrogen-bond donors (Lipinski definition) is 1. The largest absolute Gasteiger partial charge is 0.324 e. The van der Waals surface area contributed by atoms with Gasteiger partial charge in [-0.25, -0.2) is 4.98 Å². The van der Waals surface area contributed by atoms with E-state index in [9.17, 15) is 4.79 Å². The third kappa shape index (κ3) is 4.85. The van der Waals surface area contributed by atoms with Crippen molar-refractivity contribution in [1.82, 2.24) is 9.88 Å². The molecular formula is C24H31N3OS. The average Bonchev–Trinajstić information content (AvgIpc) is 3.11. The molecule has 1 amide bonds. The predicted octanol–water partition coefficient (Wildman–Crippen LogP) is 6.17. The van der Waals surface area contributed by atoms with Crippen LogP contribution in [-0.4, -0.2) is 29.4 Å². The lowest BCUT2D eigenvalue weighted by atomic mass is 9.92. The number of benzene rings is 2. The smallest absolute Gasteiger partial charge is 0.238 e. The maximum absolute atomic E-state index is 12.9. The molecule has 3 aromatic rings. The predicted molar refractivity (Wildman–Crippen MR) is 124 cm³/mol. The zero-order valence-corrected chi connectivity index (χ0v) is 19.0. The van der Waals surface area contributed by atoms with Crippen molar-refractivity contribution in [2.75, 3.05) is 18.9 Å². The van der Waals surface area contributed by atoms with Crippen LogP contribution in [0.4, 0.5) is 5.69 Å². The van der Waals surface area contributed by atoms with E-state index in [0.29, 0.717) is 18.4 Å². The SMILES string of the molecule is CC(C)c1cccc(C(C)C)c1NC(=O)CN(C)[C@@H](C)c1nc2ccccc2s1. The van der Waals surface area contributed by atoms with Gasteiger partial charge in [0.25, 0.3) is 0 Å². The molecular weight excluding hydrogens is 378 g/mol. The summed E-state index contributed by atoms with van der Waals surface area (Å²) in [7, 11) is 1.98. The second kappa shape index (κ2) is 9.06. The fourth-order valence-corrected chi connectivity index (χ4v) is 4.58. The van der Waals surface area contributed by atoms with Crippen molar-refractivity contribution >= 4 is 33.1 Å². The van der Waals surface area contributed by atoms with E-state index in [0.717, 1.165) is 16.2 Å². The Morgan fingerprint density at radius 3 is 2.21 bits per heavy atom. The molecule has 0 bridgehead atoms. The van der Waals surface area contributed by atoms with Gasteiger partial charge in [-0.3, -0.25) is 9.69 Å². The van der Waals surface area contributed by atoms with Gasteiger partial charge >= 0.3 is 0 Å². The molecule has 0 aliphatic rings. The number of likely N-dealkylation sites (N-methyl/N-ethyl adjacent to an activating group) is 1. The molecule has 4 nitrogen and oxygen atoms in total. The van der Waals surface area contributed by atoms with Gasteiger partial charge in [0.05, 0.1) is 22.8 Å². The molecule has 154 valence electrons. The number of thiazole rings is 1. The van der Waals surface area contributed by atoms with Gasteiger partial charge < -0.3 is 5.32 Å². The van der Waals surface area contributed by atoms with Crippen LogP contribution in [0.25, 0.3) is 10.2 Å². The van der Waals surface area contributed by atoms with E-state index in [2.05, 4.69) is 69.1 Å². The lowest BCUT2D eigenvalue weighted by Crippen LogP contribution is -2.32. The van der Waals surface area contributed by atoms with Crippen molar-refractivity contribution in [3.63, 3.8) is 0 Å². The van der Waals surface area contributed by atoms with Crippen molar-refractivity contribution in [1.29, 1.82) is 0 Å². The quantitative estimate of drug-likeness (QED) is 0.507. The first-order chi connectivity index (χ1) is 13.8. The summed E-state index contributed by atoms with van der Waals surface area (Å²) in [5.74, 6) is 0.710. The van der Waals surface area contributed by atoms with Crippen LogP contribution in [0.3, 0.4) is 0 Å². The molecule has 3 rings (SSSR count). The Labute approximate surface area is 178 Å². The van der Waals surface area contributed by atoms with Gasteiger partial charge in [0, 0.05) is 5.69 Å². The summed E-state index contributed by atoms with van der Waals surface area (Å²) in [5, 5.41) is 4.24. The molecule has 0 aliphatic heterocycles. The Kier molecular flexibility index (Phi) is 6.70. The van der Waals surface area contributed by atoms with Crippen LogP contribution in [-0.2, 0) is 4.79 Å². The Balaban J connectivity index is 1.75. The molecule has 1 N–H and O–H groups in total. The molecule has 0 unspecified atom stereocenters. The molecule has 0 aliphatic carbocycles. The van der Waals surface area contributed by atoms with E-state index < -0.39 is 0 Å². The van der Waals surface area contributed by atoms with Gasteiger partial charge in [-0.15, -0.1) is 11.3 Å². The second-order valence-electron chi connectivity index (χ2n) is 8.28. The number of hydrogen-bond acceptors (Lipinski definition) is 4. The minimum Gasteiger partial charge on any atom is -0.324 e. The van der Waals surface area contributed by atoms with E-state index in [1.54, 1.807) is 11.3 Å². The maximum Gasteiger partial charge on any atom is 0.238 e. The maximum atomic E-state index is 12.9. The van der Waals surface area contributed by atoms with Crippen LogP contribution >= 0.6 is 11.3 Å². The summed E-state index contributed by atoms with van der Waals surface area (Å²) in [6.45, 7) is 11.1. The summed E-state index contributed by atoms with van der Waals surface area (Å²) >= 11 is 1.69. The van der Waals surface area contributed by atoms with Crippen molar-refractivity contribution in [2.24, 2.45) is 0 Å². The number of rotatable bonds is 7. The molecule has 29 heavy (non-hydrogen) atoms. The van der Waals surface area contributed by atoms with Crippen molar-refractivity contribution < 1.29 is 4.79 Å².